The number of aromatic nitrogens is 2. The molecule has 1 aliphatic rings. The lowest BCUT2D eigenvalue weighted by atomic mass is 10.1. The zero-order valence-corrected chi connectivity index (χ0v) is 19.5. The fraction of sp³-hybridized carbons (Fsp3) is 0.107. The van der Waals surface area contributed by atoms with Gasteiger partial charge in [-0.05, 0) is 54.6 Å². The van der Waals surface area contributed by atoms with Gasteiger partial charge in [0.15, 0.2) is 11.5 Å². The molecule has 0 atom stereocenters. The molecule has 0 saturated carbocycles. The highest BCUT2D eigenvalue weighted by molar-refractivity contribution is 6.10. The summed E-state index contributed by atoms with van der Waals surface area (Å²) in [4.78, 5) is 13.0. The smallest absolute Gasteiger partial charge is 0.266 e. The third-order valence-corrected chi connectivity index (χ3v) is 5.59. The number of fused-ring (bicyclic) bond motifs is 1. The number of para-hydroxylation sites is 1. The molecule has 8 nitrogen and oxygen atoms in total. The molecule has 36 heavy (non-hydrogen) atoms. The van der Waals surface area contributed by atoms with E-state index in [9.17, 15) is 10.1 Å². The van der Waals surface area contributed by atoms with E-state index in [4.69, 9.17) is 19.3 Å². The fourth-order valence-electron chi connectivity index (χ4n) is 3.80. The number of ether oxygens (including phenoxy) is 3. The van der Waals surface area contributed by atoms with Crippen molar-refractivity contribution < 1.29 is 19.0 Å². The van der Waals surface area contributed by atoms with Gasteiger partial charge < -0.3 is 19.5 Å². The standard InChI is InChI=1S/C28H22N4O4/c1-34-24-10-7-19(8-11-24)27-21(18-32(31-27)23-5-3-2-4-6-23)15-20(17-29)28(33)30-22-9-12-25-26(16-22)36-14-13-35-25/h2-12,15-16,18H,13-14H2,1H3,(H,30,33). The van der Waals surface area contributed by atoms with Gasteiger partial charge in [0.05, 0.1) is 18.5 Å². The molecule has 5 rings (SSSR count). The van der Waals surface area contributed by atoms with Gasteiger partial charge in [-0.1, -0.05) is 18.2 Å². The Labute approximate surface area is 208 Å². The van der Waals surface area contributed by atoms with Gasteiger partial charge in [0.2, 0.25) is 0 Å². The van der Waals surface area contributed by atoms with Gasteiger partial charge in [0.25, 0.3) is 5.91 Å². The van der Waals surface area contributed by atoms with Crippen molar-refractivity contribution in [1.82, 2.24) is 9.78 Å². The molecular weight excluding hydrogens is 456 g/mol. The lowest BCUT2D eigenvalue weighted by molar-refractivity contribution is -0.112. The van der Waals surface area contributed by atoms with Crippen LogP contribution in [0.15, 0.2) is 84.6 Å². The number of hydrogen-bond donors (Lipinski definition) is 1. The van der Waals surface area contributed by atoms with Gasteiger partial charge >= 0.3 is 0 Å². The van der Waals surface area contributed by atoms with Crippen LogP contribution in [0, 0.1) is 11.3 Å². The number of carbonyl (C=O) groups excluding carboxylic acids is 1. The first-order valence-electron chi connectivity index (χ1n) is 11.3. The van der Waals surface area contributed by atoms with E-state index in [1.165, 1.54) is 0 Å². The molecule has 2 heterocycles. The lowest BCUT2D eigenvalue weighted by Crippen LogP contribution is -2.17. The molecule has 1 aliphatic heterocycles. The normalized spacial score (nSPS) is 12.5. The van der Waals surface area contributed by atoms with Crippen molar-refractivity contribution in [2.45, 2.75) is 0 Å². The van der Waals surface area contributed by atoms with Crippen LogP contribution >= 0.6 is 0 Å². The number of carbonyl (C=O) groups is 1. The first-order chi connectivity index (χ1) is 17.6. The Morgan fingerprint density at radius 2 is 1.81 bits per heavy atom. The van der Waals surface area contributed by atoms with Crippen molar-refractivity contribution in [2.75, 3.05) is 25.6 Å². The Hall–Kier alpha value is -5.03. The molecule has 0 bridgehead atoms. The van der Waals surface area contributed by atoms with Crippen LogP contribution in [-0.2, 0) is 4.79 Å². The lowest BCUT2D eigenvalue weighted by Gasteiger charge is -2.18. The van der Waals surface area contributed by atoms with Gasteiger partial charge in [-0.25, -0.2) is 4.68 Å². The van der Waals surface area contributed by atoms with E-state index in [0.717, 1.165) is 17.0 Å². The average molecular weight is 479 g/mol. The molecule has 8 heteroatoms. The zero-order chi connectivity index (χ0) is 24.9. The maximum atomic E-state index is 13.0. The van der Waals surface area contributed by atoms with Crippen molar-refractivity contribution in [1.29, 1.82) is 5.26 Å². The quantitative estimate of drug-likeness (QED) is 0.314. The number of anilines is 1. The molecule has 0 radical (unpaired) electrons. The van der Waals surface area contributed by atoms with Crippen LogP contribution in [0.5, 0.6) is 17.2 Å². The molecule has 0 aliphatic carbocycles. The van der Waals surface area contributed by atoms with E-state index >= 15 is 0 Å². The average Bonchev–Trinajstić information content (AvgIpc) is 3.36. The van der Waals surface area contributed by atoms with E-state index in [0.29, 0.717) is 41.7 Å². The van der Waals surface area contributed by atoms with E-state index in [-0.39, 0.29) is 5.57 Å². The van der Waals surface area contributed by atoms with E-state index < -0.39 is 5.91 Å². The molecule has 0 fully saturated rings. The summed E-state index contributed by atoms with van der Waals surface area (Å²) < 4.78 is 18.1. The van der Waals surface area contributed by atoms with E-state index in [1.807, 2.05) is 60.7 Å². The number of nitrogens with zero attached hydrogens (tertiary/aromatic N) is 3. The second-order valence-electron chi connectivity index (χ2n) is 7.92. The summed E-state index contributed by atoms with van der Waals surface area (Å²) in [5.74, 6) is 1.34. The van der Waals surface area contributed by atoms with E-state index in [2.05, 4.69) is 5.32 Å². The summed E-state index contributed by atoms with van der Waals surface area (Å²) in [6.45, 7) is 0.917. The predicted molar refractivity (Wildman–Crippen MR) is 135 cm³/mol. The first kappa shape index (κ1) is 22.7. The highest BCUT2D eigenvalue weighted by atomic mass is 16.6. The number of methoxy groups -OCH3 is 1. The van der Waals surface area contributed by atoms with Crippen molar-refractivity contribution in [3.05, 3.63) is 90.1 Å². The highest BCUT2D eigenvalue weighted by Crippen LogP contribution is 2.33. The molecule has 178 valence electrons. The number of hydrogen-bond acceptors (Lipinski definition) is 6. The van der Waals surface area contributed by atoms with Gasteiger partial charge in [-0.2, -0.15) is 10.4 Å². The van der Waals surface area contributed by atoms with Crippen LogP contribution < -0.4 is 19.5 Å². The summed E-state index contributed by atoms with van der Waals surface area (Å²) >= 11 is 0. The minimum Gasteiger partial charge on any atom is -0.497 e. The SMILES string of the molecule is COc1ccc(-c2nn(-c3ccccc3)cc2C=C(C#N)C(=O)Nc2ccc3c(c2)OCCO3)cc1. The summed E-state index contributed by atoms with van der Waals surface area (Å²) in [6, 6.07) is 24.2. The molecule has 0 spiro atoms. The minimum atomic E-state index is -0.540. The van der Waals surface area contributed by atoms with Gasteiger partial charge in [-0.3, -0.25) is 4.79 Å². The fourth-order valence-corrected chi connectivity index (χ4v) is 3.80. The first-order valence-corrected chi connectivity index (χ1v) is 11.3. The van der Waals surface area contributed by atoms with Gasteiger partial charge in [0.1, 0.15) is 30.6 Å². The highest BCUT2D eigenvalue weighted by Gasteiger charge is 2.17. The molecule has 4 aromatic rings. The second-order valence-corrected chi connectivity index (χ2v) is 7.92. The Kier molecular flexibility index (Phi) is 6.36. The molecule has 1 amide bonds. The zero-order valence-electron chi connectivity index (χ0n) is 19.5. The maximum Gasteiger partial charge on any atom is 0.266 e. The summed E-state index contributed by atoms with van der Waals surface area (Å²) in [5, 5.41) is 17.3. The maximum absolute atomic E-state index is 13.0. The molecule has 0 unspecified atom stereocenters. The Morgan fingerprint density at radius 3 is 2.53 bits per heavy atom. The number of amides is 1. The Morgan fingerprint density at radius 1 is 1.06 bits per heavy atom. The van der Waals surface area contributed by atoms with Crippen LogP contribution in [0.25, 0.3) is 23.0 Å². The van der Waals surface area contributed by atoms with Crippen molar-refractivity contribution >= 4 is 17.7 Å². The summed E-state index contributed by atoms with van der Waals surface area (Å²) in [7, 11) is 1.60. The van der Waals surface area contributed by atoms with Crippen LogP contribution in [-0.4, -0.2) is 36.0 Å². The molecule has 3 aromatic carbocycles. The molecular formula is C28H22N4O4. The third kappa shape index (κ3) is 4.76. The van der Waals surface area contributed by atoms with Crippen molar-refractivity contribution in [2.24, 2.45) is 0 Å². The van der Waals surface area contributed by atoms with Crippen LogP contribution in [0.3, 0.4) is 0 Å². The Balaban J connectivity index is 1.49. The third-order valence-electron chi connectivity index (χ3n) is 5.59. The molecule has 1 aromatic heterocycles. The Bertz CT molecular complexity index is 1470. The monoisotopic (exact) mass is 478 g/mol. The predicted octanol–water partition coefficient (Wildman–Crippen LogP) is 4.86. The topological polar surface area (TPSA) is 98.4 Å². The van der Waals surface area contributed by atoms with Crippen molar-refractivity contribution in [3.8, 4) is 40.3 Å². The number of benzene rings is 3. The summed E-state index contributed by atoms with van der Waals surface area (Å²) in [6.07, 6.45) is 3.34. The van der Waals surface area contributed by atoms with Gasteiger partial charge in [-0.15, -0.1) is 0 Å². The van der Waals surface area contributed by atoms with Crippen LogP contribution in [0.1, 0.15) is 5.56 Å². The second kappa shape index (κ2) is 10.1. The van der Waals surface area contributed by atoms with Gasteiger partial charge in [0, 0.05) is 29.1 Å². The number of nitrogens with one attached hydrogen (secondary N) is 1. The minimum absolute atomic E-state index is 0.0627. The number of rotatable bonds is 6. The number of nitriles is 1. The molecule has 1 N–H and O–H groups in total. The van der Waals surface area contributed by atoms with E-state index in [1.54, 1.807) is 42.3 Å². The molecule has 0 saturated heterocycles. The summed E-state index contributed by atoms with van der Waals surface area (Å²) in [5.41, 5.74) is 3.36. The van der Waals surface area contributed by atoms with Crippen LogP contribution in [0.4, 0.5) is 5.69 Å². The largest absolute Gasteiger partial charge is 0.497 e. The van der Waals surface area contributed by atoms with Crippen LogP contribution in [0.2, 0.25) is 0 Å². The van der Waals surface area contributed by atoms with Crippen molar-refractivity contribution in [3.63, 3.8) is 0 Å².